The van der Waals surface area contributed by atoms with Crippen LogP contribution in [0, 0.1) is 5.82 Å². The van der Waals surface area contributed by atoms with Crippen LogP contribution in [0.15, 0.2) is 64.0 Å². The molecule has 1 amide bonds. The van der Waals surface area contributed by atoms with Gasteiger partial charge in [-0.1, -0.05) is 12.1 Å². The summed E-state index contributed by atoms with van der Waals surface area (Å²) in [5, 5.41) is 2.96. The van der Waals surface area contributed by atoms with Gasteiger partial charge in [0, 0.05) is 25.7 Å². The fourth-order valence-electron chi connectivity index (χ4n) is 3.57. The van der Waals surface area contributed by atoms with E-state index in [1.807, 2.05) is 0 Å². The molecule has 0 aliphatic carbocycles. The maximum Gasteiger partial charge on any atom is 0.261 e. The van der Waals surface area contributed by atoms with Crippen molar-refractivity contribution < 1.29 is 13.6 Å². The number of pyridine rings is 1. The number of furan rings is 1. The van der Waals surface area contributed by atoms with Crippen LogP contribution in [-0.4, -0.2) is 34.9 Å². The van der Waals surface area contributed by atoms with Gasteiger partial charge in [-0.15, -0.1) is 0 Å². The van der Waals surface area contributed by atoms with E-state index in [9.17, 15) is 14.0 Å². The first-order valence-corrected chi connectivity index (χ1v) is 9.63. The zero-order valence-corrected chi connectivity index (χ0v) is 15.9. The fourth-order valence-corrected chi connectivity index (χ4v) is 3.57. The van der Waals surface area contributed by atoms with Crippen molar-refractivity contribution in [2.75, 3.05) is 13.1 Å². The molecule has 0 bridgehead atoms. The lowest BCUT2D eigenvalue weighted by Gasteiger charge is -2.32. The molecule has 2 aromatic heterocycles. The van der Waals surface area contributed by atoms with Crippen LogP contribution in [0.1, 0.15) is 28.8 Å². The van der Waals surface area contributed by atoms with Crippen LogP contribution < -0.4 is 10.9 Å². The Morgan fingerprint density at radius 2 is 1.90 bits per heavy atom. The zero-order valence-electron chi connectivity index (χ0n) is 15.9. The molecular weight excluding hydrogens is 373 g/mol. The third-order valence-electron chi connectivity index (χ3n) is 5.18. The first-order valence-electron chi connectivity index (χ1n) is 9.63. The van der Waals surface area contributed by atoms with Crippen LogP contribution in [0.4, 0.5) is 4.39 Å². The summed E-state index contributed by atoms with van der Waals surface area (Å²) in [7, 11) is 0. The number of amides is 1. The number of nitrogens with one attached hydrogen (secondary N) is 2. The number of aromatic nitrogens is 1. The number of carbonyl (C=O) groups is 1. The van der Waals surface area contributed by atoms with E-state index in [-0.39, 0.29) is 23.3 Å². The summed E-state index contributed by atoms with van der Waals surface area (Å²) in [5.41, 5.74) is 1.25. The molecule has 2 N–H and O–H groups in total. The summed E-state index contributed by atoms with van der Waals surface area (Å²) < 4.78 is 18.3. The highest BCUT2D eigenvalue weighted by Gasteiger charge is 2.22. The Bertz CT molecular complexity index is 1020. The standard InChI is InChI=1S/C22H22FN3O3/c23-16-5-3-15(4-6-16)14-26-11-9-17(10-12-26)24-21(27)18-7-8-19(25-22(18)28)20-2-1-13-29-20/h1-8,13,17H,9-12,14H2,(H,24,27)(H,25,28). The molecule has 0 saturated carbocycles. The average molecular weight is 395 g/mol. The molecule has 0 radical (unpaired) electrons. The Hall–Kier alpha value is -3.19. The van der Waals surface area contributed by atoms with Crippen LogP contribution in [-0.2, 0) is 6.54 Å². The number of aromatic amines is 1. The molecule has 0 spiro atoms. The fraction of sp³-hybridized carbons (Fsp3) is 0.273. The number of rotatable bonds is 5. The van der Waals surface area contributed by atoms with E-state index in [2.05, 4.69) is 15.2 Å². The first-order chi connectivity index (χ1) is 14.1. The average Bonchev–Trinajstić information content (AvgIpc) is 3.26. The summed E-state index contributed by atoms with van der Waals surface area (Å²) in [5.74, 6) is -0.0563. The Balaban J connectivity index is 1.32. The van der Waals surface area contributed by atoms with Crippen LogP contribution >= 0.6 is 0 Å². The minimum Gasteiger partial charge on any atom is -0.463 e. The molecule has 29 heavy (non-hydrogen) atoms. The molecule has 3 heterocycles. The predicted octanol–water partition coefficient (Wildman–Crippen LogP) is 3.17. The third kappa shape index (κ3) is 4.63. The van der Waals surface area contributed by atoms with Crippen molar-refractivity contribution in [2.45, 2.75) is 25.4 Å². The third-order valence-corrected chi connectivity index (χ3v) is 5.18. The van der Waals surface area contributed by atoms with E-state index in [1.54, 1.807) is 30.3 Å². The number of carbonyl (C=O) groups excluding carboxylic acids is 1. The predicted molar refractivity (Wildman–Crippen MR) is 107 cm³/mol. The van der Waals surface area contributed by atoms with Gasteiger partial charge in [-0.05, 0) is 54.8 Å². The summed E-state index contributed by atoms with van der Waals surface area (Å²) >= 11 is 0. The molecule has 0 unspecified atom stereocenters. The van der Waals surface area contributed by atoms with Crippen molar-refractivity contribution in [3.05, 3.63) is 82.1 Å². The Morgan fingerprint density at radius 3 is 2.55 bits per heavy atom. The second-order valence-electron chi connectivity index (χ2n) is 7.24. The molecular formula is C22H22FN3O3. The van der Waals surface area contributed by atoms with Gasteiger partial charge >= 0.3 is 0 Å². The topological polar surface area (TPSA) is 78.3 Å². The molecule has 1 aliphatic rings. The van der Waals surface area contributed by atoms with Crippen LogP contribution in [0.25, 0.3) is 11.5 Å². The van der Waals surface area contributed by atoms with E-state index in [1.165, 1.54) is 24.5 Å². The number of H-pyrrole nitrogens is 1. The largest absolute Gasteiger partial charge is 0.463 e. The van der Waals surface area contributed by atoms with Gasteiger partial charge in [0.2, 0.25) is 0 Å². The number of hydrogen-bond acceptors (Lipinski definition) is 4. The van der Waals surface area contributed by atoms with Gasteiger partial charge in [0.15, 0.2) is 0 Å². The molecule has 1 fully saturated rings. The van der Waals surface area contributed by atoms with Crippen LogP contribution in [0.2, 0.25) is 0 Å². The van der Waals surface area contributed by atoms with Crippen molar-refractivity contribution in [1.82, 2.24) is 15.2 Å². The van der Waals surface area contributed by atoms with E-state index in [0.717, 1.165) is 38.0 Å². The maximum atomic E-state index is 13.0. The van der Waals surface area contributed by atoms with Crippen molar-refractivity contribution in [3.8, 4) is 11.5 Å². The number of halogens is 1. The lowest BCUT2D eigenvalue weighted by Crippen LogP contribution is -2.45. The molecule has 4 rings (SSSR count). The van der Waals surface area contributed by atoms with Gasteiger partial charge in [0.05, 0.1) is 12.0 Å². The molecule has 1 aliphatic heterocycles. The summed E-state index contributed by atoms with van der Waals surface area (Å²) in [4.78, 5) is 29.8. The SMILES string of the molecule is O=C(NC1CCN(Cc2ccc(F)cc2)CC1)c1ccc(-c2ccco2)[nH]c1=O. The molecule has 6 nitrogen and oxygen atoms in total. The summed E-state index contributed by atoms with van der Waals surface area (Å²) in [6, 6.07) is 13.2. The minimum atomic E-state index is -0.440. The minimum absolute atomic E-state index is 0.0242. The van der Waals surface area contributed by atoms with Crippen molar-refractivity contribution in [1.29, 1.82) is 0 Å². The van der Waals surface area contributed by atoms with E-state index >= 15 is 0 Å². The highest BCUT2D eigenvalue weighted by Crippen LogP contribution is 2.17. The lowest BCUT2D eigenvalue weighted by molar-refractivity contribution is 0.0907. The monoisotopic (exact) mass is 395 g/mol. The van der Waals surface area contributed by atoms with Gasteiger partial charge in [0.25, 0.3) is 11.5 Å². The Kier molecular flexibility index (Phi) is 5.57. The van der Waals surface area contributed by atoms with Crippen molar-refractivity contribution >= 4 is 5.91 Å². The number of nitrogens with zero attached hydrogens (tertiary/aromatic N) is 1. The van der Waals surface area contributed by atoms with Crippen LogP contribution in [0.5, 0.6) is 0 Å². The molecule has 150 valence electrons. The zero-order chi connectivity index (χ0) is 20.2. The molecule has 0 atom stereocenters. The van der Waals surface area contributed by atoms with Crippen molar-refractivity contribution in [2.24, 2.45) is 0 Å². The van der Waals surface area contributed by atoms with Crippen LogP contribution in [0.3, 0.4) is 0 Å². The van der Waals surface area contributed by atoms with Gasteiger partial charge in [0.1, 0.15) is 17.1 Å². The number of hydrogen-bond donors (Lipinski definition) is 2. The van der Waals surface area contributed by atoms with Gasteiger partial charge in [-0.25, -0.2) is 4.39 Å². The Morgan fingerprint density at radius 1 is 1.14 bits per heavy atom. The number of likely N-dealkylation sites (tertiary alicyclic amines) is 1. The number of benzene rings is 1. The van der Waals surface area contributed by atoms with E-state index in [0.29, 0.717) is 11.5 Å². The van der Waals surface area contributed by atoms with Crippen molar-refractivity contribution in [3.63, 3.8) is 0 Å². The Labute approximate surface area is 167 Å². The quantitative estimate of drug-likeness (QED) is 0.696. The number of piperidine rings is 1. The lowest BCUT2D eigenvalue weighted by atomic mass is 10.0. The van der Waals surface area contributed by atoms with Gasteiger partial charge in [-0.2, -0.15) is 0 Å². The molecule has 1 aromatic carbocycles. The van der Waals surface area contributed by atoms with Gasteiger partial charge < -0.3 is 14.7 Å². The molecule has 3 aromatic rings. The highest BCUT2D eigenvalue weighted by molar-refractivity contribution is 5.94. The first kappa shape index (κ1) is 19.1. The molecule has 1 saturated heterocycles. The second kappa shape index (κ2) is 8.45. The maximum absolute atomic E-state index is 13.0. The molecule has 7 heteroatoms. The summed E-state index contributed by atoms with van der Waals surface area (Å²) in [6.07, 6.45) is 3.13. The summed E-state index contributed by atoms with van der Waals surface area (Å²) in [6.45, 7) is 2.42. The smallest absolute Gasteiger partial charge is 0.261 e. The second-order valence-corrected chi connectivity index (χ2v) is 7.24. The van der Waals surface area contributed by atoms with E-state index < -0.39 is 5.56 Å². The van der Waals surface area contributed by atoms with Gasteiger partial charge in [-0.3, -0.25) is 14.5 Å². The normalized spacial score (nSPS) is 15.3. The van der Waals surface area contributed by atoms with E-state index in [4.69, 9.17) is 4.42 Å². The highest BCUT2D eigenvalue weighted by atomic mass is 19.1.